The molecule has 1 aromatic heterocycles. The number of hydrogen-bond donors (Lipinski definition) is 2. The van der Waals surface area contributed by atoms with Gasteiger partial charge in [-0.05, 0) is 12.2 Å². The average Bonchev–Trinajstić information content (AvgIpc) is 2.40. The predicted molar refractivity (Wildman–Crippen MR) is 75.1 cm³/mol. The van der Waals surface area contributed by atoms with Gasteiger partial charge in [-0.1, -0.05) is 11.6 Å². The molecule has 19 heavy (non-hydrogen) atoms. The molecule has 1 aromatic carbocycles. The number of rotatable bonds is 4. The van der Waals surface area contributed by atoms with Gasteiger partial charge in [-0.25, -0.2) is 0 Å². The maximum absolute atomic E-state index is 6.03. The molecule has 0 atom stereocenters. The zero-order valence-corrected chi connectivity index (χ0v) is 11.8. The molecule has 0 amide bonds. The summed E-state index contributed by atoms with van der Waals surface area (Å²) in [5.41, 5.74) is 0.652. The molecule has 0 radical (unpaired) electrons. The molecule has 0 saturated carbocycles. The van der Waals surface area contributed by atoms with Crippen molar-refractivity contribution in [1.82, 2.24) is 15.2 Å². The van der Waals surface area contributed by atoms with E-state index in [1.807, 2.05) is 0 Å². The summed E-state index contributed by atoms with van der Waals surface area (Å²) in [6.45, 7) is 0. The third-order valence-electron chi connectivity index (χ3n) is 2.31. The van der Waals surface area contributed by atoms with Crippen molar-refractivity contribution in [2.75, 3.05) is 19.5 Å². The minimum absolute atomic E-state index is 0.282. The number of nitrogens with zero attached hydrogens (tertiary/aromatic N) is 2. The van der Waals surface area contributed by atoms with Crippen LogP contribution in [0, 0.1) is 4.77 Å². The van der Waals surface area contributed by atoms with Crippen molar-refractivity contribution in [3.63, 3.8) is 0 Å². The topological polar surface area (TPSA) is 72.1 Å². The van der Waals surface area contributed by atoms with E-state index < -0.39 is 0 Å². The average molecular weight is 299 g/mol. The molecule has 0 aliphatic carbocycles. The number of hydrogen-bond acceptors (Lipinski definition) is 6. The van der Waals surface area contributed by atoms with Crippen molar-refractivity contribution in [3.8, 4) is 11.5 Å². The summed E-state index contributed by atoms with van der Waals surface area (Å²) < 4.78 is 10.7. The van der Waals surface area contributed by atoms with Crippen molar-refractivity contribution < 1.29 is 9.47 Å². The van der Waals surface area contributed by atoms with Crippen LogP contribution >= 0.6 is 23.8 Å². The van der Waals surface area contributed by atoms with Crippen molar-refractivity contribution in [2.24, 2.45) is 0 Å². The van der Waals surface area contributed by atoms with Crippen molar-refractivity contribution in [2.45, 2.75) is 0 Å². The Kier molecular flexibility index (Phi) is 4.18. The molecule has 1 heterocycles. The minimum Gasteiger partial charge on any atom is -0.495 e. The van der Waals surface area contributed by atoms with Gasteiger partial charge >= 0.3 is 0 Å². The summed E-state index contributed by atoms with van der Waals surface area (Å²) in [6, 6.07) is 3.36. The standard InChI is InChI=1S/C11H11ClN4O2S/c1-17-8-4-7(9(18-2)3-6(8)12)14-10-5-13-16-11(19)15-10/h3-5H,1-2H3,(H2,14,15,16,19). The van der Waals surface area contributed by atoms with E-state index in [9.17, 15) is 0 Å². The Morgan fingerprint density at radius 2 is 2.00 bits per heavy atom. The summed E-state index contributed by atoms with van der Waals surface area (Å²) in [6.07, 6.45) is 1.51. The Morgan fingerprint density at radius 3 is 2.63 bits per heavy atom. The van der Waals surface area contributed by atoms with E-state index >= 15 is 0 Å². The van der Waals surface area contributed by atoms with Gasteiger partial charge in [-0.15, -0.1) is 0 Å². The first kappa shape index (κ1) is 13.6. The van der Waals surface area contributed by atoms with E-state index in [1.54, 1.807) is 19.2 Å². The summed E-state index contributed by atoms with van der Waals surface area (Å²) in [5.74, 6) is 1.58. The maximum atomic E-state index is 6.03. The lowest BCUT2D eigenvalue weighted by Crippen LogP contribution is -1.99. The molecule has 2 N–H and O–H groups in total. The van der Waals surface area contributed by atoms with Gasteiger partial charge < -0.3 is 14.8 Å². The molecule has 0 aliphatic rings. The van der Waals surface area contributed by atoms with Crippen molar-refractivity contribution in [1.29, 1.82) is 0 Å². The van der Waals surface area contributed by atoms with Crippen LogP contribution in [0.4, 0.5) is 11.5 Å². The number of aromatic amines is 1. The summed E-state index contributed by atoms with van der Waals surface area (Å²) in [7, 11) is 3.09. The molecule has 2 rings (SSSR count). The Balaban J connectivity index is 2.41. The van der Waals surface area contributed by atoms with E-state index in [1.165, 1.54) is 13.3 Å². The number of ether oxygens (including phenoxy) is 2. The molecular formula is C11H11ClN4O2S. The third-order valence-corrected chi connectivity index (χ3v) is 2.78. The predicted octanol–water partition coefficient (Wildman–Crippen LogP) is 2.95. The fourth-order valence-corrected chi connectivity index (χ4v) is 1.85. The summed E-state index contributed by atoms with van der Waals surface area (Å²) in [5, 5.41) is 9.90. The summed E-state index contributed by atoms with van der Waals surface area (Å²) in [4.78, 5) is 4.08. The first-order valence-corrected chi connectivity index (χ1v) is 6.03. The number of aromatic nitrogens is 3. The van der Waals surface area contributed by atoms with Gasteiger partial charge in [-0.2, -0.15) is 10.1 Å². The highest BCUT2D eigenvalue weighted by atomic mass is 35.5. The van der Waals surface area contributed by atoms with Crippen LogP contribution in [0.1, 0.15) is 0 Å². The summed E-state index contributed by atoms with van der Waals surface area (Å²) >= 11 is 10.9. The van der Waals surface area contributed by atoms with E-state index in [0.29, 0.717) is 28.0 Å². The zero-order valence-electron chi connectivity index (χ0n) is 10.2. The van der Waals surface area contributed by atoms with E-state index in [4.69, 9.17) is 33.3 Å². The lowest BCUT2D eigenvalue weighted by molar-refractivity contribution is 0.405. The second-order valence-electron chi connectivity index (χ2n) is 3.48. The lowest BCUT2D eigenvalue weighted by Gasteiger charge is -2.13. The van der Waals surface area contributed by atoms with Crippen LogP contribution in [0.3, 0.4) is 0 Å². The number of benzene rings is 1. The number of H-pyrrole nitrogens is 1. The van der Waals surface area contributed by atoms with E-state index in [0.717, 1.165) is 0 Å². The van der Waals surface area contributed by atoms with Crippen molar-refractivity contribution in [3.05, 3.63) is 28.1 Å². The normalized spacial score (nSPS) is 10.1. The highest BCUT2D eigenvalue weighted by molar-refractivity contribution is 7.71. The SMILES string of the molecule is COc1cc(Nc2cn[nH]c(=S)n2)c(OC)cc1Cl. The van der Waals surface area contributed by atoms with E-state index in [-0.39, 0.29) is 4.77 Å². The lowest BCUT2D eigenvalue weighted by atomic mass is 10.2. The molecule has 0 bridgehead atoms. The number of nitrogens with one attached hydrogen (secondary N) is 2. The van der Waals surface area contributed by atoms with Crippen LogP contribution < -0.4 is 14.8 Å². The zero-order chi connectivity index (χ0) is 13.8. The first-order valence-electron chi connectivity index (χ1n) is 5.24. The molecule has 0 saturated heterocycles. The Morgan fingerprint density at radius 1 is 1.26 bits per heavy atom. The number of halogens is 1. The molecule has 0 spiro atoms. The monoisotopic (exact) mass is 298 g/mol. The minimum atomic E-state index is 0.282. The Bertz CT molecular complexity index is 647. The fourth-order valence-electron chi connectivity index (χ4n) is 1.47. The molecule has 100 valence electrons. The van der Waals surface area contributed by atoms with Crippen LogP contribution in [0.25, 0.3) is 0 Å². The molecule has 2 aromatic rings. The molecule has 6 nitrogen and oxygen atoms in total. The molecule has 0 aliphatic heterocycles. The van der Waals surface area contributed by atoms with Crippen LogP contribution in [0.2, 0.25) is 5.02 Å². The highest BCUT2D eigenvalue weighted by Gasteiger charge is 2.10. The van der Waals surface area contributed by atoms with Gasteiger partial charge in [0.1, 0.15) is 11.5 Å². The van der Waals surface area contributed by atoms with Crippen LogP contribution in [-0.2, 0) is 0 Å². The largest absolute Gasteiger partial charge is 0.495 e. The van der Waals surface area contributed by atoms with Crippen LogP contribution in [-0.4, -0.2) is 29.4 Å². The van der Waals surface area contributed by atoms with Gasteiger partial charge in [0.15, 0.2) is 5.82 Å². The van der Waals surface area contributed by atoms with Gasteiger partial charge in [0.05, 0.1) is 31.1 Å². The maximum Gasteiger partial charge on any atom is 0.215 e. The third kappa shape index (κ3) is 3.12. The van der Waals surface area contributed by atoms with E-state index in [2.05, 4.69) is 20.5 Å². The van der Waals surface area contributed by atoms with Crippen molar-refractivity contribution >= 4 is 35.3 Å². The molecule has 0 unspecified atom stereocenters. The quantitative estimate of drug-likeness (QED) is 0.846. The molecular weight excluding hydrogens is 288 g/mol. The fraction of sp³-hybridized carbons (Fsp3) is 0.182. The molecule has 0 fully saturated rings. The second kappa shape index (κ2) is 5.85. The van der Waals surface area contributed by atoms with Gasteiger partial charge in [-0.3, -0.25) is 5.10 Å². The highest BCUT2D eigenvalue weighted by Crippen LogP contribution is 2.36. The Hall–Kier alpha value is -1.86. The second-order valence-corrected chi connectivity index (χ2v) is 4.28. The smallest absolute Gasteiger partial charge is 0.215 e. The van der Waals surface area contributed by atoms with Gasteiger partial charge in [0.25, 0.3) is 0 Å². The van der Waals surface area contributed by atoms with Gasteiger partial charge in [0.2, 0.25) is 4.77 Å². The molecule has 8 heteroatoms. The van der Waals surface area contributed by atoms with Gasteiger partial charge in [0, 0.05) is 12.1 Å². The number of anilines is 2. The number of methoxy groups -OCH3 is 2. The van der Waals surface area contributed by atoms with Crippen LogP contribution in [0.15, 0.2) is 18.3 Å². The Labute approximate surface area is 119 Å². The van der Waals surface area contributed by atoms with Crippen LogP contribution in [0.5, 0.6) is 11.5 Å². The first-order chi connectivity index (χ1) is 9.13.